The molecule has 7 heteroatoms. The number of rotatable bonds is 3. The number of ether oxygens (including phenoxy) is 1. The minimum Gasteiger partial charge on any atom is -0.371 e. The van der Waals surface area contributed by atoms with Crippen molar-refractivity contribution in [3.05, 3.63) is 47.8 Å². The number of anilines is 1. The molecule has 0 amide bonds. The first-order chi connectivity index (χ1) is 11.8. The molecule has 0 radical (unpaired) electrons. The largest absolute Gasteiger partial charge is 0.417 e. The average Bonchev–Trinajstić information content (AvgIpc) is 3.20. The fraction of sp³-hybridized carbons (Fsp3) is 0.500. The Labute approximate surface area is 144 Å². The van der Waals surface area contributed by atoms with Gasteiger partial charge < -0.3 is 15.4 Å². The highest BCUT2D eigenvalue weighted by Crippen LogP contribution is 2.42. The summed E-state index contributed by atoms with van der Waals surface area (Å²) in [6.07, 6.45) is 4.96. The topological polar surface area (TPSA) is 46.2 Å². The van der Waals surface area contributed by atoms with E-state index >= 15 is 0 Å². The molecule has 0 spiro atoms. The number of fused-ring (bicyclic) bond motifs is 2. The Hall–Kier alpha value is -1.86. The Bertz CT molecular complexity index is 713. The van der Waals surface area contributed by atoms with E-state index in [2.05, 4.69) is 34.7 Å². The van der Waals surface area contributed by atoms with Crippen LogP contribution in [-0.2, 0) is 10.9 Å². The predicted octanol–water partition coefficient (Wildman–Crippen LogP) is 3.49. The first kappa shape index (κ1) is 16.6. The zero-order chi connectivity index (χ0) is 17.7. The van der Waals surface area contributed by atoms with Gasteiger partial charge in [0.2, 0.25) is 0 Å². The SMILES string of the molecule is CC1([C@H]2O[C@@H]3CN[C@H]2C3)C=CC(Nc2ccc(C(F)(F)F)cn2)=CC1. The summed E-state index contributed by atoms with van der Waals surface area (Å²) in [6, 6.07) is 2.77. The molecule has 1 unspecified atom stereocenters. The number of allylic oxidation sites excluding steroid dienone is 2. The first-order valence-electron chi connectivity index (χ1n) is 8.42. The van der Waals surface area contributed by atoms with Crippen LogP contribution >= 0.6 is 0 Å². The monoisotopic (exact) mass is 351 g/mol. The van der Waals surface area contributed by atoms with Gasteiger partial charge in [-0.2, -0.15) is 13.2 Å². The summed E-state index contributed by atoms with van der Waals surface area (Å²) in [5, 5.41) is 6.56. The summed E-state index contributed by atoms with van der Waals surface area (Å²) >= 11 is 0. The smallest absolute Gasteiger partial charge is 0.371 e. The van der Waals surface area contributed by atoms with Crippen LogP contribution < -0.4 is 10.6 Å². The van der Waals surface area contributed by atoms with Gasteiger partial charge in [-0.25, -0.2) is 4.98 Å². The second kappa shape index (κ2) is 5.85. The quantitative estimate of drug-likeness (QED) is 0.875. The van der Waals surface area contributed by atoms with Crippen molar-refractivity contribution in [2.45, 2.75) is 44.2 Å². The lowest BCUT2D eigenvalue weighted by Crippen LogP contribution is -2.48. The molecule has 4 nitrogen and oxygen atoms in total. The Kier molecular flexibility index (Phi) is 3.88. The fourth-order valence-corrected chi connectivity index (χ4v) is 3.82. The van der Waals surface area contributed by atoms with Crippen molar-refractivity contribution in [1.29, 1.82) is 0 Å². The summed E-state index contributed by atoms with van der Waals surface area (Å²) < 4.78 is 43.8. The number of nitrogens with one attached hydrogen (secondary N) is 2. The van der Waals surface area contributed by atoms with Crippen molar-refractivity contribution < 1.29 is 17.9 Å². The van der Waals surface area contributed by atoms with Crippen LogP contribution in [0.25, 0.3) is 0 Å². The maximum Gasteiger partial charge on any atom is 0.417 e. The number of pyridine rings is 1. The molecule has 2 N–H and O–H groups in total. The Morgan fingerprint density at radius 2 is 2.20 bits per heavy atom. The highest BCUT2D eigenvalue weighted by molar-refractivity contribution is 5.47. The maximum absolute atomic E-state index is 12.6. The first-order valence-corrected chi connectivity index (χ1v) is 8.42. The van der Waals surface area contributed by atoms with E-state index in [1.807, 2.05) is 6.08 Å². The molecule has 1 aliphatic carbocycles. The lowest BCUT2D eigenvalue weighted by molar-refractivity contribution is -0.137. The standard InChI is InChI=1S/C18H20F3N3O/c1-17(16-14-8-13(25-16)10-22-14)6-4-12(5-7-17)24-15-3-2-11(9-23-15)18(19,20)21/h2-6,9,13-14,16,22H,7-8,10H2,1H3,(H,23,24)/t13-,14-,16-,17?/m0/s1. The average molecular weight is 351 g/mol. The zero-order valence-electron chi connectivity index (χ0n) is 13.8. The minimum absolute atomic E-state index is 0.0778. The van der Waals surface area contributed by atoms with E-state index in [1.165, 1.54) is 6.07 Å². The normalized spacial score (nSPS) is 34.2. The van der Waals surface area contributed by atoms with E-state index < -0.39 is 11.7 Å². The van der Waals surface area contributed by atoms with Crippen molar-refractivity contribution in [2.75, 3.05) is 11.9 Å². The van der Waals surface area contributed by atoms with Gasteiger partial charge in [0.25, 0.3) is 0 Å². The Balaban J connectivity index is 1.41. The second-order valence-corrected chi connectivity index (χ2v) is 7.19. The summed E-state index contributed by atoms with van der Waals surface area (Å²) in [5.74, 6) is 0.394. The molecule has 3 aliphatic rings. The van der Waals surface area contributed by atoms with E-state index in [0.29, 0.717) is 18.0 Å². The minimum atomic E-state index is -4.37. The molecule has 25 heavy (non-hydrogen) atoms. The molecule has 1 aromatic rings. The fourth-order valence-electron chi connectivity index (χ4n) is 3.82. The summed E-state index contributed by atoms with van der Waals surface area (Å²) in [6.45, 7) is 3.11. The van der Waals surface area contributed by atoms with Gasteiger partial charge in [0.15, 0.2) is 0 Å². The molecule has 4 atom stereocenters. The number of hydrogen-bond acceptors (Lipinski definition) is 4. The number of aromatic nitrogens is 1. The molecule has 2 fully saturated rings. The van der Waals surface area contributed by atoms with Crippen LogP contribution in [0.1, 0.15) is 25.3 Å². The molecule has 2 aliphatic heterocycles. The van der Waals surface area contributed by atoms with E-state index in [9.17, 15) is 13.2 Å². The zero-order valence-corrected chi connectivity index (χ0v) is 13.8. The van der Waals surface area contributed by atoms with Gasteiger partial charge >= 0.3 is 6.18 Å². The van der Waals surface area contributed by atoms with Gasteiger partial charge in [-0.3, -0.25) is 0 Å². The molecule has 2 bridgehead atoms. The molecule has 0 saturated carbocycles. The van der Waals surface area contributed by atoms with Crippen LogP contribution in [0, 0.1) is 5.41 Å². The number of halogens is 3. The van der Waals surface area contributed by atoms with E-state index in [1.54, 1.807) is 0 Å². The van der Waals surface area contributed by atoms with Crippen LogP contribution in [0.15, 0.2) is 42.3 Å². The molecule has 1 aromatic heterocycles. The molecule has 4 rings (SSSR count). The molecule has 0 aromatic carbocycles. The van der Waals surface area contributed by atoms with E-state index in [4.69, 9.17) is 4.74 Å². The third-order valence-corrected chi connectivity index (χ3v) is 5.25. The summed E-state index contributed by atoms with van der Waals surface area (Å²) in [7, 11) is 0. The van der Waals surface area contributed by atoms with Gasteiger partial charge in [0.05, 0.1) is 17.8 Å². The highest BCUT2D eigenvalue weighted by Gasteiger charge is 2.48. The number of alkyl halides is 3. The highest BCUT2D eigenvalue weighted by atomic mass is 19.4. The van der Waals surface area contributed by atoms with Gasteiger partial charge in [0.1, 0.15) is 5.82 Å². The van der Waals surface area contributed by atoms with Gasteiger partial charge in [0, 0.05) is 29.9 Å². The lowest BCUT2D eigenvalue weighted by atomic mass is 9.75. The van der Waals surface area contributed by atoms with Crippen LogP contribution in [0.4, 0.5) is 19.0 Å². The van der Waals surface area contributed by atoms with Crippen molar-refractivity contribution in [2.24, 2.45) is 5.41 Å². The number of morpholine rings is 1. The van der Waals surface area contributed by atoms with Crippen molar-refractivity contribution >= 4 is 5.82 Å². The molecular formula is C18H20F3N3O. The van der Waals surface area contributed by atoms with Gasteiger partial charge in [-0.1, -0.05) is 19.1 Å². The maximum atomic E-state index is 12.6. The lowest BCUT2D eigenvalue weighted by Gasteiger charge is -2.39. The van der Waals surface area contributed by atoms with Crippen LogP contribution in [-0.4, -0.2) is 29.8 Å². The molecule has 2 saturated heterocycles. The molecule has 3 heterocycles. The van der Waals surface area contributed by atoms with E-state index in [0.717, 1.165) is 37.3 Å². The summed E-state index contributed by atoms with van der Waals surface area (Å²) in [5.41, 5.74) is 0.00608. The second-order valence-electron chi connectivity index (χ2n) is 7.19. The van der Waals surface area contributed by atoms with Crippen molar-refractivity contribution in [3.63, 3.8) is 0 Å². The van der Waals surface area contributed by atoms with Crippen molar-refractivity contribution in [3.8, 4) is 0 Å². The molecule has 134 valence electrons. The number of nitrogens with zero attached hydrogens (tertiary/aromatic N) is 1. The summed E-state index contributed by atoms with van der Waals surface area (Å²) in [4.78, 5) is 3.84. The Morgan fingerprint density at radius 3 is 2.72 bits per heavy atom. The van der Waals surface area contributed by atoms with E-state index in [-0.39, 0.29) is 11.5 Å². The van der Waals surface area contributed by atoms with Gasteiger partial charge in [-0.15, -0.1) is 0 Å². The number of hydrogen-bond donors (Lipinski definition) is 2. The predicted molar refractivity (Wildman–Crippen MR) is 87.9 cm³/mol. The van der Waals surface area contributed by atoms with Crippen LogP contribution in [0.3, 0.4) is 0 Å². The van der Waals surface area contributed by atoms with Crippen molar-refractivity contribution in [1.82, 2.24) is 10.3 Å². The molecular weight excluding hydrogens is 331 g/mol. The third-order valence-electron chi connectivity index (χ3n) is 5.25. The van der Waals surface area contributed by atoms with Crippen LogP contribution in [0.2, 0.25) is 0 Å². The Morgan fingerprint density at radius 1 is 1.36 bits per heavy atom. The third kappa shape index (κ3) is 3.18. The van der Waals surface area contributed by atoms with Crippen LogP contribution in [0.5, 0.6) is 0 Å². The van der Waals surface area contributed by atoms with Gasteiger partial charge in [-0.05, 0) is 31.1 Å².